The predicted octanol–water partition coefficient (Wildman–Crippen LogP) is 3.63. The Kier molecular flexibility index (Phi) is 3.61. The van der Waals surface area contributed by atoms with Crippen molar-refractivity contribution in [3.8, 4) is 17.0 Å². The van der Waals surface area contributed by atoms with Gasteiger partial charge in [-0.2, -0.15) is 0 Å². The predicted molar refractivity (Wildman–Crippen MR) is 72.4 cm³/mol. The summed E-state index contributed by atoms with van der Waals surface area (Å²) in [7, 11) is 0. The lowest BCUT2D eigenvalue weighted by molar-refractivity contribution is 0.0652. The van der Waals surface area contributed by atoms with Gasteiger partial charge in [0.05, 0.1) is 4.47 Å². The van der Waals surface area contributed by atoms with E-state index in [2.05, 4.69) is 21.1 Å². The normalized spacial score (nSPS) is 10.9. The van der Waals surface area contributed by atoms with Gasteiger partial charge in [-0.25, -0.2) is 4.79 Å². The number of phenols is 1. The molecular weight excluding hydrogens is 314 g/mol. The van der Waals surface area contributed by atoms with E-state index in [1.165, 1.54) is 6.07 Å². The molecule has 0 aliphatic rings. The van der Waals surface area contributed by atoms with Gasteiger partial charge in [-0.3, -0.25) is 0 Å². The lowest BCUT2D eigenvalue weighted by Crippen LogP contribution is -1.92. The molecule has 2 rings (SSSR count). The first-order valence-corrected chi connectivity index (χ1v) is 6.42. The fourth-order valence-corrected chi connectivity index (χ4v) is 2.13. The number of carboxylic acids is 1. The average Bonchev–Trinajstić information content (AvgIpc) is 2.81. The molecular formula is C13H12BrNO4. The molecule has 1 heterocycles. The first-order chi connectivity index (χ1) is 8.90. The van der Waals surface area contributed by atoms with E-state index in [0.29, 0.717) is 10.0 Å². The molecule has 0 fully saturated rings. The van der Waals surface area contributed by atoms with Crippen LogP contribution < -0.4 is 0 Å². The summed E-state index contributed by atoms with van der Waals surface area (Å²) in [5, 5.41) is 22.5. The topological polar surface area (TPSA) is 83.6 Å². The Morgan fingerprint density at radius 2 is 2.05 bits per heavy atom. The molecule has 2 aromatic rings. The van der Waals surface area contributed by atoms with Crippen LogP contribution in [0.1, 0.15) is 35.9 Å². The van der Waals surface area contributed by atoms with Crippen LogP contribution in [0.15, 0.2) is 27.2 Å². The molecule has 19 heavy (non-hydrogen) atoms. The lowest BCUT2D eigenvalue weighted by atomic mass is 9.99. The van der Waals surface area contributed by atoms with Gasteiger partial charge in [0, 0.05) is 11.6 Å². The molecule has 0 spiro atoms. The van der Waals surface area contributed by atoms with Gasteiger partial charge < -0.3 is 14.7 Å². The number of carbonyl (C=O) groups is 1. The Morgan fingerprint density at radius 3 is 2.58 bits per heavy atom. The number of benzene rings is 1. The molecule has 0 saturated carbocycles. The van der Waals surface area contributed by atoms with Crippen LogP contribution >= 0.6 is 15.9 Å². The molecule has 0 bridgehead atoms. The fourth-order valence-electron chi connectivity index (χ4n) is 1.65. The highest BCUT2D eigenvalue weighted by Gasteiger charge is 2.17. The second-order valence-corrected chi connectivity index (χ2v) is 5.29. The van der Waals surface area contributed by atoms with Crippen LogP contribution in [0.5, 0.6) is 5.75 Å². The summed E-state index contributed by atoms with van der Waals surface area (Å²) in [6.45, 7) is 4.04. The molecule has 0 amide bonds. The number of aromatic hydroxyl groups is 1. The SMILES string of the molecule is CC(C)c1cc(Br)c(O)c(-c2cc(C(=O)O)on2)c1. The molecule has 1 aromatic heterocycles. The van der Waals surface area contributed by atoms with Gasteiger partial charge in [-0.15, -0.1) is 0 Å². The van der Waals surface area contributed by atoms with Gasteiger partial charge in [0.2, 0.25) is 5.76 Å². The molecule has 0 saturated heterocycles. The first kappa shape index (κ1) is 13.6. The summed E-state index contributed by atoms with van der Waals surface area (Å²) in [4.78, 5) is 10.8. The van der Waals surface area contributed by atoms with Crippen molar-refractivity contribution in [2.45, 2.75) is 19.8 Å². The van der Waals surface area contributed by atoms with E-state index in [-0.39, 0.29) is 23.1 Å². The van der Waals surface area contributed by atoms with E-state index < -0.39 is 5.97 Å². The third-order valence-electron chi connectivity index (χ3n) is 2.75. The summed E-state index contributed by atoms with van der Waals surface area (Å²) in [6.07, 6.45) is 0. The molecule has 100 valence electrons. The summed E-state index contributed by atoms with van der Waals surface area (Å²) in [6, 6.07) is 4.88. The fraction of sp³-hybridized carbons (Fsp3) is 0.231. The number of hydrogen-bond acceptors (Lipinski definition) is 4. The van der Waals surface area contributed by atoms with E-state index in [0.717, 1.165) is 5.56 Å². The number of phenolic OH excluding ortho intramolecular Hbond substituents is 1. The van der Waals surface area contributed by atoms with Crippen molar-refractivity contribution in [2.24, 2.45) is 0 Å². The largest absolute Gasteiger partial charge is 0.506 e. The Balaban J connectivity index is 2.56. The second kappa shape index (κ2) is 5.05. The van der Waals surface area contributed by atoms with Crippen molar-refractivity contribution < 1.29 is 19.5 Å². The quantitative estimate of drug-likeness (QED) is 0.900. The third kappa shape index (κ3) is 2.63. The van der Waals surface area contributed by atoms with Crippen LogP contribution in [0.25, 0.3) is 11.3 Å². The summed E-state index contributed by atoms with van der Waals surface area (Å²) in [5.74, 6) is -1.19. The van der Waals surface area contributed by atoms with Crippen LogP contribution in [0.3, 0.4) is 0 Å². The van der Waals surface area contributed by atoms with Crippen LogP contribution in [0.2, 0.25) is 0 Å². The standard InChI is InChI=1S/C13H12BrNO4/c1-6(2)7-3-8(12(16)9(14)4-7)10-5-11(13(17)18)19-15-10/h3-6,16H,1-2H3,(H,17,18). The van der Waals surface area contributed by atoms with Crippen LogP contribution in [-0.2, 0) is 0 Å². The molecule has 6 heteroatoms. The van der Waals surface area contributed by atoms with Crippen LogP contribution in [0, 0.1) is 0 Å². The van der Waals surface area contributed by atoms with E-state index in [4.69, 9.17) is 9.63 Å². The maximum absolute atomic E-state index is 10.8. The second-order valence-electron chi connectivity index (χ2n) is 4.44. The zero-order chi connectivity index (χ0) is 14.2. The monoisotopic (exact) mass is 325 g/mol. The van der Waals surface area contributed by atoms with Gasteiger partial charge in [-0.1, -0.05) is 19.0 Å². The van der Waals surface area contributed by atoms with Crippen molar-refractivity contribution in [1.29, 1.82) is 0 Å². The Morgan fingerprint density at radius 1 is 1.37 bits per heavy atom. The average molecular weight is 326 g/mol. The Hall–Kier alpha value is -1.82. The van der Waals surface area contributed by atoms with E-state index in [1.807, 2.05) is 19.9 Å². The van der Waals surface area contributed by atoms with E-state index in [9.17, 15) is 9.90 Å². The first-order valence-electron chi connectivity index (χ1n) is 5.63. The van der Waals surface area contributed by atoms with Gasteiger partial charge >= 0.3 is 5.97 Å². The Labute approximate surface area is 118 Å². The molecule has 0 radical (unpaired) electrons. The Bertz CT molecular complexity index is 634. The van der Waals surface area contributed by atoms with Gasteiger partial charge in [0.15, 0.2) is 0 Å². The van der Waals surface area contributed by atoms with Crippen molar-refractivity contribution in [1.82, 2.24) is 5.16 Å². The number of aromatic nitrogens is 1. The van der Waals surface area contributed by atoms with E-state index in [1.54, 1.807) is 6.07 Å². The van der Waals surface area contributed by atoms with Gasteiger partial charge in [-0.05, 0) is 39.5 Å². The van der Waals surface area contributed by atoms with Crippen LogP contribution in [0.4, 0.5) is 0 Å². The molecule has 0 unspecified atom stereocenters. The van der Waals surface area contributed by atoms with Gasteiger partial charge in [0.25, 0.3) is 0 Å². The molecule has 2 N–H and O–H groups in total. The minimum absolute atomic E-state index is 0.00892. The van der Waals surface area contributed by atoms with Crippen molar-refractivity contribution >= 4 is 21.9 Å². The molecule has 0 aliphatic carbocycles. The zero-order valence-corrected chi connectivity index (χ0v) is 11.9. The van der Waals surface area contributed by atoms with Crippen molar-refractivity contribution in [2.75, 3.05) is 0 Å². The highest BCUT2D eigenvalue weighted by Crippen LogP contribution is 2.38. The number of halogens is 1. The summed E-state index contributed by atoms with van der Waals surface area (Å²) >= 11 is 3.27. The number of nitrogens with zero attached hydrogens (tertiary/aromatic N) is 1. The highest BCUT2D eigenvalue weighted by molar-refractivity contribution is 9.10. The minimum atomic E-state index is -1.20. The molecule has 1 aromatic carbocycles. The number of rotatable bonds is 3. The van der Waals surface area contributed by atoms with Crippen LogP contribution in [-0.4, -0.2) is 21.3 Å². The van der Waals surface area contributed by atoms with Crippen molar-refractivity contribution in [3.63, 3.8) is 0 Å². The van der Waals surface area contributed by atoms with Crippen molar-refractivity contribution in [3.05, 3.63) is 34.0 Å². The minimum Gasteiger partial charge on any atom is -0.506 e. The number of aromatic carboxylic acids is 1. The lowest BCUT2D eigenvalue weighted by Gasteiger charge is -2.10. The summed E-state index contributed by atoms with van der Waals surface area (Å²) < 4.78 is 5.24. The number of hydrogen-bond donors (Lipinski definition) is 2. The zero-order valence-electron chi connectivity index (χ0n) is 10.3. The molecule has 5 nitrogen and oxygen atoms in total. The van der Waals surface area contributed by atoms with Gasteiger partial charge in [0.1, 0.15) is 11.4 Å². The highest BCUT2D eigenvalue weighted by atomic mass is 79.9. The van der Waals surface area contributed by atoms with E-state index >= 15 is 0 Å². The number of carboxylic acid groups (broad SMARTS) is 1. The molecule has 0 aliphatic heterocycles. The smallest absolute Gasteiger partial charge is 0.374 e. The maximum atomic E-state index is 10.8. The third-order valence-corrected chi connectivity index (χ3v) is 3.35. The molecule has 0 atom stereocenters. The maximum Gasteiger partial charge on any atom is 0.374 e. The summed E-state index contributed by atoms with van der Waals surface area (Å²) in [5.41, 5.74) is 1.73.